The van der Waals surface area contributed by atoms with Gasteiger partial charge in [0.15, 0.2) is 6.61 Å². The summed E-state index contributed by atoms with van der Waals surface area (Å²) in [7, 11) is 0. The predicted octanol–water partition coefficient (Wildman–Crippen LogP) is 3.23. The summed E-state index contributed by atoms with van der Waals surface area (Å²) in [5, 5.41) is 5.18. The van der Waals surface area contributed by atoms with E-state index in [9.17, 15) is 9.59 Å². The molecule has 1 saturated carbocycles. The van der Waals surface area contributed by atoms with Gasteiger partial charge in [-0.05, 0) is 46.8 Å². The minimum Gasteiger partial charge on any atom is -0.483 e. The van der Waals surface area contributed by atoms with Crippen LogP contribution in [0.2, 0.25) is 0 Å². The highest BCUT2D eigenvalue weighted by atomic mass is 79.9. The molecule has 5 nitrogen and oxygen atoms in total. The van der Waals surface area contributed by atoms with Crippen LogP contribution in [0.1, 0.15) is 32.6 Å². The fourth-order valence-corrected chi connectivity index (χ4v) is 3.00. The van der Waals surface area contributed by atoms with Crippen LogP contribution in [-0.2, 0) is 4.79 Å². The van der Waals surface area contributed by atoms with Crippen molar-refractivity contribution < 1.29 is 14.3 Å². The molecule has 6 heteroatoms. The molecular weight excluding hydrogens is 348 g/mol. The number of benzene rings is 1. The average Bonchev–Trinajstić information content (AvgIpc) is 2.49. The first-order valence-electron chi connectivity index (χ1n) is 7.54. The number of halogens is 1. The van der Waals surface area contributed by atoms with Crippen LogP contribution in [0, 0.1) is 5.92 Å². The van der Waals surface area contributed by atoms with Gasteiger partial charge in [0, 0.05) is 6.04 Å². The highest BCUT2D eigenvalue weighted by Crippen LogP contribution is 2.24. The molecule has 3 amide bonds. The van der Waals surface area contributed by atoms with Crippen molar-refractivity contribution in [2.45, 2.75) is 38.6 Å². The minimum atomic E-state index is -0.461. The van der Waals surface area contributed by atoms with E-state index in [1.807, 2.05) is 18.2 Å². The molecule has 1 aliphatic carbocycles. The number of para-hydroxylation sites is 1. The summed E-state index contributed by atoms with van der Waals surface area (Å²) < 4.78 is 6.14. The highest BCUT2D eigenvalue weighted by molar-refractivity contribution is 9.10. The third-order valence-electron chi connectivity index (χ3n) is 3.88. The molecule has 22 heavy (non-hydrogen) atoms. The molecule has 2 N–H and O–H groups in total. The van der Waals surface area contributed by atoms with Crippen LogP contribution in [0.25, 0.3) is 0 Å². The molecule has 0 saturated heterocycles. The number of ether oxygens (including phenoxy) is 1. The maximum absolute atomic E-state index is 11.8. The number of rotatable bonds is 4. The van der Waals surface area contributed by atoms with E-state index in [-0.39, 0.29) is 12.6 Å². The maximum atomic E-state index is 11.8. The molecule has 1 aliphatic rings. The molecule has 2 atom stereocenters. The van der Waals surface area contributed by atoms with Gasteiger partial charge in [-0.15, -0.1) is 0 Å². The van der Waals surface area contributed by atoms with E-state index in [2.05, 4.69) is 33.5 Å². The molecule has 0 radical (unpaired) electrons. The third-order valence-corrected chi connectivity index (χ3v) is 4.53. The Bertz CT molecular complexity index is 536. The largest absolute Gasteiger partial charge is 0.483 e. The summed E-state index contributed by atoms with van der Waals surface area (Å²) in [4.78, 5) is 23.6. The molecule has 1 aromatic rings. The quantitative estimate of drug-likeness (QED) is 0.856. The fraction of sp³-hybridized carbons (Fsp3) is 0.500. The second-order valence-corrected chi connectivity index (χ2v) is 6.46. The summed E-state index contributed by atoms with van der Waals surface area (Å²) >= 11 is 3.33. The van der Waals surface area contributed by atoms with Crippen molar-refractivity contribution in [1.29, 1.82) is 0 Å². The zero-order valence-corrected chi connectivity index (χ0v) is 14.2. The number of carbonyl (C=O) groups excluding carboxylic acids is 2. The lowest BCUT2D eigenvalue weighted by Crippen LogP contribution is -2.48. The van der Waals surface area contributed by atoms with Crippen molar-refractivity contribution in [2.24, 2.45) is 5.92 Å². The molecule has 0 bridgehead atoms. The van der Waals surface area contributed by atoms with Gasteiger partial charge in [0.25, 0.3) is 5.91 Å². The van der Waals surface area contributed by atoms with Crippen molar-refractivity contribution in [2.75, 3.05) is 6.61 Å². The summed E-state index contributed by atoms with van der Waals surface area (Å²) in [6, 6.07) is 6.95. The van der Waals surface area contributed by atoms with Crippen molar-refractivity contribution in [3.63, 3.8) is 0 Å². The molecule has 1 fully saturated rings. The minimum absolute atomic E-state index is 0.144. The summed E-state index contributed by atoms with van der Waals surface area (Å²) in [5.41, 5.74) is 0. The zero-order chi connectivity index (χ0) is 15.9. The van der Waals surface area contributed by atoms with Crippen LogP contribution < -0.4 is 15.4 Å². The number of carbonyl (C=O) groups is 2. The lowest BCUT2D eigenvalue weighted by molar-refractivity contribution is -0.122. The first kappa shape index (κ1) is 16.8. The predicted molar refractivity (Wildman–Crippen MR) is 87.7 cm³/mol. The van der Waals surface area contributed by atoms with Crippen LogP contribution in [0.3, 0.4) is 0 Å². The van der Waals surface area contributed by atoms with Crippen molar-refractivity contribution in [3.05, 3.63) is 28.7 Å². The number of urea groups is 1. The Morgan fingerprint density at radius 1 is 1.27 bits per heavy atom. The third kappa shape index (κ3) is 5.02. The molecule has 2 rings (SSSR count). The molecule has 0 unspecified atom stereocenters. The first-order valence-corrected chi connectivity index (χ1v) is 8.33. The van der Waals surface area contributed by atoms with Gasteiger partial charge in [0.2, 0.25) is 0 Å². The number of amides is 3. The van der Waals surface area contributed by atoms with Gasteiger partial charge >= 0.3 is 6.03 Å². The summed E-state index contributed by atoms with van der Waals surface area (Å²) in [5.74, 6) is 0.557. The number of imide groups is 1. The molecule has 0 spiro atoms. The van der Waals surface area contributed by atoms with Crippen LogP contribution in [0.15, 0.2) is 28.7 Å². The van der Waals surface area contributed by atoms with Gasteiger partial charge in [0.1, 0.15) is 5.75 Å². The smallest absolute Gasteiger partial charge is 0.321 e. The number of nitrogens with one attached hydrogen (secondary N) is 2. The van der Waals surface area contributed by atoms with Crippen molar-refractivity contribution in [3.8, 4) is 5.75 Å². The Balaban J connectivity index is 1.74. The van der Waals surface area contributed by atoms with Gasteiger partial charge < -0.3 is 10.1 Å². The van der Waals surface area contributed by atoms with E-state index in [4.69, 9.17) is 4.74 Å². The molecule has 0 aliphatic heterocycles. The SMILES string of the molecule is C[C@@H]1CCCC[C@@H]1NC(=O)NC(=O)COc1ccccc1Br. The van der Waals surface area contributed by atoms with Gasteiger partial charge in [0.05, 0.1) is 4.47 Å². The van der Waals surface area contributed by atoms with Crippen LogP contribution in [0.5, 0.6) is 5.75 Å². The summed E-state index contributed by atoms with van der Waals surface area (Å²) in [6.07, 6.45) is 4.41. The Labute approximate surface area is 138 Å². The Morgan fingerprint density at radius 3 is 2.73 bits per heavy atom. The van der Waals surface area contributed by atoms with Crippen LogP contribution in [0.4, 0.5) is 4.79 Å². The molecule has 1 aromatic carbocycles. The van der Waals surface area contributed by atoms with Gasteiger partial charge in [-0.1, -0.05) is 31.9 Å². The second kappa shape index (κ2) is 8.17. The molecule has 0 heterocycles. The van der Waals surface area contributed by atoms with Crippen LogP contribution >= 0.6 is 15.9 Å². The van der Waals surface area contributed by atoms with Crippen molar-refractivity contribution in [1.82, 2.24) is 10.6 Å². The number of hydrogen-bond donors (Lipinski definition) is 2. The van der Waals surface area contributed by atoms with E-state index < -0.39 is 11.9 Å². The Morgan fingerprint density at radius 2 is 2.00 bits per heavy atom. The summed E-state index contributed by atoms with van der Waals surface area (Å²) in [6.45, 7) is 1.93. The standard InChI is InChI=1S/C16H21BrN2O3/c1-11-6-2-4-8-13(11)18-16(21)19-15(20)10-22-14-9-5-3-7-12(14)17/h3,5,7,9,11,13H,2,4,6,8,10H2,1H3,(H2,18,19,20,21)/t11-,13+/m1/s1. The highest BCUT2D eigenvalue weighted by Gasteiger charge is 2.23. The van der Waals surface area contributed by atoms with Gasteiger partial charge in [-0.25, -0.2) is 4.79 Å². The van der Waals surface area contributed by atoms with Crippen LogP contribution in [-0.4, -0.2) is 24.6 Å². The maximum Gasteiger partial charge on any atom is 0.321 e. The van der Waals surface area contributed by atoms with Crippen molar-refractivity contribution >= 4 is 27.9 Å². The van der Waals surface area contributed by atoms with E-state index in [1.54, 1.807) is 6.07 Å². The Hall–Kier alpha value is -1.56. The molecule has 120 valence electrons. The number of hydrogen-bond acceptors (Lipinski definition) is 3. The fourth-order valence-electron chi connectivity index (χ4n) is 2.60. The average molecular weight is 369 g/mol. The lowest BCUT2D eigenvalue weighted by atomic mass is 9.86. The van der Waals surface area contributed by atoms with Gasteiger partial charge in [-0.2, -0.15) is 0 Å². The van der Waals surface area contributed by atoms with E-state index >= 15 is 0 Å². The zero-order valence-electron chi connectivity index (χ0n) is 12.6. The molecule has 0 aromatic heterocycles. The lowest BCUT2D eigenvalue weighted by Gasteiger charge is -2.29. The van der Waals surface area contributed by atoms with Gasteiger partial charge in [-0.3, -0.25) is 10.1 Å². The second-order valence-electron chi connectivity index (χ2n) is 5.61. The Kier molecular flexibility index (Phi) is 6.24. The first-order chi connectivity index (χ1) is 10.6. The topological polar surface area (TPSA) is 67.4 Å². The monoisotopic (exact) mass is 368 g/mol. The van der Waals surface area contributed by atoms with E-state index in [0.717, 1.165) is 23.7 Å². The van der Waals surface area contributed by atoms with E-state index in [0.29, 0.717) is 11.7 Å². The van der Waals surface area contributed by atoms with E-state index in [1.165, 1.54) is 6.42 Å². The molecular formula is C16H21BrN2O3. The normalized spacial score (nSPS) is 21.0.